The third kappa shape index (κ3) is 8.12. The number of amides is 2. The van der Waals surface area contributed by atoms with Crippen LogP contribution >= 0.6 is 0 Å². The molecule has 0 heterocycles. The maximum absolute atomic E-state index is 12.6. The van der Waals surface area contributed by atoms with E-state index in [4.69, 9.17) is 9.16 Å². The summed E-state index contributed by atoms with van der Waals surface area (Å²) in [5, 5.41) is 5.67. The fourth-order valence-electron chi connectivity index (χ4n) is 2.51. The molecule has 2 atom stereocenters. The molecule has 0 spiro atoms. The molecule has 0 unspecified atom stereocenters. The molecule has 0 fully saturated rings. The summed E-state index contributed by atoms with van der Waals surface area (Å²) in [6.45, 7) is 12.7. The van der Waals surface area contributed by atoms with Crippen molar-refractivity contribution in [3.05, 3.63) is 35.9 Å². The molecule has 0 saturated carbocycles. The molecule has 0 aromatic heterocycles. The van der Waals surface area contributed by atoms with Crippen LogP contribution in [0.25, 0.3) is 0 Å². The average Bonchev–Trinajstić information content (AvgIpc) is 2.59. The van der Waals surface area contributed by atoms with E-state index in [9.17, 15) is 9.59 Å². The van der Waals surface area contributed by atoms with Crippen molar-refractivity contribution in [2.24, 2.45) is 0 Å². The van der Waals surface area contributed by atoms with E-state index in [1.165, 1.54) is 7.11 Å². The first-order chi connectivity index (χ1) is 13.0. The van der Waals surface area contributed by atoms with Crippen LogP contribution in [0.5, 0.6) is 0 Å². The Morgan fingerprint density at radius 2 is 1.64 bits per heavy atom. The topological polar surface area (TPSA) is 76.7 Å². The molecule has 0 aliphatic carbocycles. The number of rotatable bonds is 10. The molecule has 2 amide bonds. The van der Waals surface area contributed by atoms with Crippen LogP contribution in [0, 0.1) is 0 Å². The Labute approximate surface area is 170 Å². The monoisotopic (exact) mass is 408 g/mol. The van der Waals surface area contributed by atoms with Crippen molar-refractivity contribution in [2.45, 2.75) is 70.8 Å². The minimum absolute atomic E-state index is 0.0118. The number of hydrogen-bond donors (Lipinski definition) is 2. The zero-order valence-corrected chi connectivity index (χ0v) is 19.3. The van der Waals surface area contributed by atoms with Crippen LogP contribution in [0.3, 0.4) is 0 Å². The van der Waals surface area contributed by atoms with E-state index in [1.54, 1.807) is 0 Å². The van der Waals surface area contributed by atoms with Gasteiger partial charge in [0.15, 0.2) is 8.32 Å². The Kier molecular flexibility index (Phi) is 9.33. The third-order valence-electron chi connectivity index (χ3n) is 5.18. The fourth-order valence-corrected chi connectivity index (χ4v) is 3.87. The molecule has 6 nitrogen and oxygen atoms in total. The van der Waals surface area contributed by atoms with Gasteiger partial charge >= 0.3 is 0 Å². The summed E-state index contributed by atoms with van der Waals surface area (Å²) >= 11 is 0. The lowest BCUT2D eigenvalue weighted by atomic mass is 10.1. The number of carbonyl (C=O) groups is 2. The van der Waals surface area contributed by atoms with Gasteiger partial charge in [-0.3, -0.25) is 9.59 Å². The fraction of sp³-hybridized carbons (Fsp3) is 0.619. The maximum Gasteiger partial charge on any atom is 0.224 e. The molecule has 0 aliphatic heterocycles. The highest BCUT2D eigenvalue weighted by molar-refractivity contribution is 6.74. The molecule has 2 N–H and O–H groups in total. The number of hydrogen-bond acceptors (Lipinski definition) is 4. The second-order valence-corrected chi connectivity index (χ2v) is 13.4. The number of methoxy groups -OCH3 is 1. The minimum atomic E-state index is -2.13. The Balaban J connectivity index is 2.80. The van der Waals surface area contributed by atoms with Gasteiger partial charge in [0.2, 0.25) is 11.8 Å². The van der Waals surface area contributed by atoms with Crippen molar-refractivity contribution < 1.29 is 18.8 Å². The number of ether oxygens (including phenoxy) is 1. The largest absolute Gasteiger partial charge is 0.413 e. The van der Waals surface area contributed by atoms with Gasteiger partial charge in [-0.2, -0.15) is 0 Å². The van der Waals surface area contributed by atoms with Gasteiger partial charge in [0.1, 0.15) is 6.73 Å². The highest BCUT2D eigenvalue weighted by Gasteiger charge is 2.40. The van der Waals surface area contributed by atoms with Crippen molar-refractivity contribution in [1.29, 1.82) is 0 Å². The van der Waals surface area contributed by atoms with Crippen molar-refractivity contribution in [3.8, 4) is 0 Å². The van der Waals surface area contributed by atoms with Gasteiger partial charge in [-0.25, -0.2) is 0 Å². The summed E-state index contributed by atoms with van der Waals surface area (Å²) in [6.07, 6.45) is -0.201. The number of benzene rings is 1. The van der Waals surface area contributed by atoms with Crippen molar-refractivity contribution in [2.75, 3.05) is 13.8 Å². The van der Waals surface area contributed by atoms with E-state index in [0.717, 1.165) is 5.56 Å². The van der Waals surface area contributed by atoms with E-state index in [-0.39, 0.29) is 42.5 Å². The van der Waals surface area contributed by atoms with Crippen LogP contribution in [0.1, 0.15) is 52.1 Å². The van der Waals surface area contributed by atoms with Gasteiger partial charge in [-0.05, 0) is 30.6 Å². The van der Waals surface area contributed by atoms with Crippen LogP contribution in [-0.2, 0) is 18.8 Å². The predicted molar refractivity (Wildman–Crippen MR) is 114 cm³/mol. The van der Waals surface area contributed by atoms with Crippen LogP contribution in [0.15, 0.2) is 30.3 Å². The first-order valence-corrected chi connectivity index (χ1v) is 12.6. The number of carbonyl (C=O) groups excluding carboxylic acids is 2. The molecule has 7 heteroatoms. The van der Waals surface area contributed by atoms with Crippen molar-refractivity contribution >= 4 is 20.1 Å². The number of nitrogens with one attached hydrogen (secondary N) is 2. The van der Waals surface area contributed by atoms with E-state index in [1.807, 2.05) is 37.3 Å². The molecule has 0 aliphatic rings. The second kappa shape index (κ2) is 10.7. The Morgan fingerprint density at radius 3 is 2.18 bits per heavy atom. The first-order valence-electron chi connectivity index (χ1n) is 9.74. The molecule has 0 bridgehead atoms. The van der Waals surface area contributed by atoms with Gasteiger partial charge in [0.25, 0.3) is 0 Å². The van der Waals surface area contributed by atoms with E-state index >= 15 is 0 Å². The molecule has 0 radical (unpaired) electrons. The van der Waals surface area contributed by atoms with E-state index < -0.39 is 14.4 Å². The molecule has 1 aromatic carbocycles. The summed E-state index contributed by atoms with van der Waals surface area (Å²) in [7, 11) is -0.612. The lowest BCUT2D eigenvalue weighted by Gasteiger charge is -2.39. The lowest BCUT2D eigenvalue weighted by Crippen LogP contribution is -2.46. The molecule has 0 saturated heterocycles. The highest BCUT2D eigenvalue weighted by Crippen LogP contribution is 2.38. The molecular formula is C21H36N2O4Si. The van der Waals surface area contributed by atoms with Crippen molar-refractivity contribution in [3.63, 3.8) is 0 Å². The van der Waals surface area contributed by atoms with Crippen molar-refractivity contribution in [1.82, 2.24) is 10.6 Å². The predicted octanol–water partition coefficient (Wildman–Crippen LogP) is 3.75. The average molecular weight is 409 g/mol. The van der Waals surface area contributed by atoms with E-state index in [2.05, 4.69) is 44.5 Å². The zero-order valence-electron chi connectivity index (χ0n) is 18.3. The van der Waals surface area contributed by atoms with Gasteiger partial charge in [-0.15, -0.1) is 0 Å². The molecule has 1 aromatic rings. The summed E-state index contributed by atoms with van der Waals surface area (Å²) in [5.74, 6) is -0.311. The van der Waals surface area contributed by atoms with E-state index in [0.29, 0.717) is 0 Å². The highest BCUT2D eigenvalue weighted by atomic mass is 28.4. The first kappa shape index (κ1) is 24.3. The van der Waals surface area contributed by atoms with Crippen LogP contribution < -0.4 is 10.6 Å². The van der Waals surface area contributed by atoms with Gasteiger partial charge in [0.05, 0.1) is 25.0 Å². The molecular weight excluding hydrogens is 372 g/mol. The summed E-state index contributed by atoms with van der Waals surface area (Å²) in [4.78, 5) is 24.8. The quantitative estimate of drug-likeness (QED) is 0.457. The Morgan fingerprint density at radius 1 is 1.07 bits per heavy atom. The summed E-state index contributed by atoms with van der Waals surface area (Å²) in [5.41, 5.74) is 1.04. The molecule has 158 valence electrons. The van der Waals surface area contributed by atoms with Crippen LogP contribution in [0.2, 0.25) is 18.1 Å². The lowest BCUT2D eigenvalue weighted by molar-refractivity contribution is -0.126. The standard InChI is InChI=1S/C21H36N2O4Si/c1-16(17-11-9-8-10-12-17)23-20(25)14-18(13-19(24)22-15-26-5)27-28(6,7)21(2,3)4/h8-12,16,18H,13-15H2,1-7H3,(H,22,24)(H,23,25)/t16-,18+/m0/s1. The maximum atomic E-state index is 12.6. The minimum Gasteiger partial charge on any atom is -0.413 e. The van der Waals surface area contributed by atoms with Crippen LogP contribution in [0.4, 0.5) is 0 Å². The molecule has 1 rings (SSSR count). The van der Waals surface area contributed by atoms with Gasteiger partial charge < -0.3 is 19.8 Å². The van der Waals surface area contributed by atoms with Gasteiger partial charge in [0, 0.05) is 7.11 Å². The SMILES string of the molecule is COCNC(=O)C[C@H](CC(=O)N[C@@H](C)c1ccccc1)O[Si](C)(C)C(C)(C)C. The zero-order chi connectivity index (χ0) is 21.4. The second-order valence-electron chi connectivity index (χ2n) is 8.64. The Bertz CT molecular complexity index is 629. The summed E-state index contributed by atoms with van der Waals surface area (Å²) < 4.78 is 11.3. The van der Waals surface area contributed by atoms with Gasteiger partial charge in [-0.1, -0.05) is 51.1 Å². The van der Waals surface area contributed by atoms with Crippen LogP contribution in [-0.4, -0.2) is 40.1 Å². The normalized spacial score (nSPS) is 14.2. The summed E-state index contributed by atoms with van der Waals surface area (Å²) in [6, 6.07) is 9.69. The Hall–Kier alpha value is -1.70. The molecule has 28 heavy (non-hydrogen) atoms. The third-order valence-corrected chi connectivity index (χ3v) is 9.72. The smallest absolute Gasteiger partial charge is 0.224 e.